The van der Waals surface area contributed by atoms with Crippen LogP contribution in [0.5, 0.6) is 0 Å². The lowest BCUT2D eigenvalue weighted by molar-refractivity contribution is -0.136. The number of amides is 4. The van der Waals surface area contributed by atoms with Gasteiger partial charge in [-0.3, -0.25) is 29.4 Å². The fourth-order valence-electron chi connectivity index (χ4n) is 6.11. The van der Waals surface area contributed by atoms with Gasteiger partial charge in [0.1, 0.15) is 6.04 Å². The van der Waals surface area contributed by atoms with E-state index in [4.69, 9.17) is 0 Å². The second kappa shape index (κ2) is 8.81. The van der Waals surface area contributed by atoms with Gasteiger partial charge in [0.05, 0.1) is 11.9 Å². The fourth-order valence-corrected chi connectivity index (χ4v) is 6.11. The lowest BCUT2D eigenvalue weighted by Crippen LogP contribution is -2.52. The number of fused-ring (bicyclic) bond motifs is 1. The van der Waals surface area contributed by atoms with E-state index in [-0.39, 0.29) is 36.7 Å². The molecule has 188 valence electrons. The fraction of sp³-hybridized carbons (Fsp3) is 0.520. The summed E-state index contributed by atoms with van der Waals surface area (Å²) in [6.45, 7) is 5.32. The van der Waals surface area contributed by atoms with Crippen LogP contribution in [0.4, 0.5) is 0 Å². The number of rotatable bonds is 4. The van der Waals surface area contributed by atoms with Crippen molar-refractivity contribution in [2.24, 2.45) is 0 Å². The van der Waals surface area contributed by atoms with Crippen molar-refractivity contribution >= 4 is 23.6 Å². The zero-order valence-corrected chi connectivity index (χ0v) is 20.2. The normalized spacial score (nSPS) is 26.6. The van der Waals surface area contributed by atoms with Gasteiger partial charge in [-0.1, -0.05) is 5.21 Å². The van der Waals surface area contributed by atoms with E-state index in [0.29, 0.717) is 36.0 Å². The third kappa shape index (κ3) is 3.78. The Hall–Kier alpha value is -3.60. The smallest absolute Gasteiger partial charge is 0.276 e. The highest BCUT2D eigenvalue weighted by atomic mass is 16.2. The van der Waals surface area contributed by atoms with Crippen molar-refractivity contribution in [3.63, 3.8) is 0 Å². The molecule has 4 amide bonds. The van der Waals surface area contributed by atoms with Gasteiger partial charge in [0, 0.05) is 37.2 Å². The summed E-state index contributed by atoms with van der Waals surface area (Å²) in [5.41, 5.74) is 2.28. The summed E-state index contributed by atoms with van der Waals surface area (Å²) in [5.74, 6) is -1.09. The SMILES string of the molecule is CC1C(N2CCCC2)CCN1C(=O)c1cn(-c2ccc3c(c2)CN(C2CCC(=O)NC2=O)C3=O)nn1. The van der Waals surface area contributed by atoms with Crippen LogP contribution in [0.2, 0.25) is 0 Å². The Morgan fingerprint density at radius 3 is 2.67 bits per heavy atom. The van der Waals surface area contributed by atoms with Crippen molar-refractivity contribution in [2.75, 3.05) is 19.6 Å². The molecule has 3 atom stereocenters. The number of hydrogen-bond acceptors (Lipinski definition) is 7. The molecule has 0 saturated carbocycles. The zero-order chi connectivity index (χ0) is 25.0. The van der Waals surface area contributed by atoms with Crippen LogP contribution in [0.15, 0.2) is 24.4 Å². The van der Waals surface area contributed by atoms with Crippen molar-refractivity contribution in [3.05, 3.63) is 41.2 Å². The standard InChI is InChI=1S/C25H29N7O4/c1-15-20(29-9-2-3-10-29)8-11-30(15)25(36)19-14-32(28-27-19)17-4-5-18-16(12-17)13-31(24(18)35)21-6-7-22(33)26-23(21)34/h4-5,12,14-15,20-21H,2-3,6-11,13H2,1H3,(H,26,33,34). The average Bonchev–Trinajstić information content (AvgIpc) is 3.66. The molecule has 1 aromatic heterocycles. The van der Waals surface area contributed by atoms with Crippen molar-refractivity contribution in [3.8, 4) is 5.69 Å². The average molecular weight is 492 g/mol. The molecule has 3 saturated heterocycles. The van der Waals surface area contributed by atoms with Gasteiger partial charge < -0.3 is 9.80 Å². The van der Waals surface area contributed by atoms with E-state index in [2.05, 4.69) is 27.5 Å². The Labute approximate surface area is 208 Å². The summed E-state index contributed by atoms with van der Waals surface area (Å²) >= 11 is 0. The lowest BCUT2D eigenvalue weighted by atomic mass is 10.0. The monoisotopic (exact) mass is 491 g/mol. The van der Waals surface area contributed by atoms with Gasteiger partial charge >= 0.3 is 0 Å². The number of nitrogens with one attached hydrogen (secondary N) is 1. The Bertz CT molecular complexity index is 1250. The van der Waals surface area contributed by atoms with E-state index in [0.717, 1.165) is 25.1 Å². The number of nitrogens with zero attached hydrogens (tertiary/aromatic N) is 6. The predicted octanol–water partition coefficient (Wildman–Crippen LogP) is 0.727. The number of hydrogen-bond donors (Lipinski definition) is 1. The van der Waals surface area contributed by atoms with Gasteiger partial charge in [0.25, 0.3) is 11.8 Å². The molecule has 0 spiro atoms. The maximum atomic E-state index is 13.2. The Morgan fingerprint density at radius 2 is 1.89 bits per heavy atom. The van der Waals surface area contributed by atoms with Gasteiger partial charge in [-0.2, -0.15) is 0 Å². The second-order valence-corrected chi connectivity index (χ2v) is 10.1. The molecule has 2 aromatic rings. The number of piperidine rings is 1. The Kier molecular flexibility index (Phi) is 5.59. The minimum Gasteiger partial charge on any atom is -0.333 e. The highest BCUT2D eigenvalue weighted by Gasteiger charge is 2.40. The molecule has 1 aromatic carbocycles. The predicted molar refractivity (Wildman–Crippen MR) is 127 cm³/mol. The summed E-state index contributed by atoms with van der Waals surface area (Å²) in [7, 11) is 0. The number of imide groups is 1. The van der Waals surface area contributed by atoms with Crippen molar-refractivity contribution in [1.29, 1.82) is 0 Å². The molecule has 6 rings (SSSR count). The van der Waals surface area contributed by atoms with Crippen LogP contribution in [0.1, 0.15) is 65.4 Å². The molecule has 1 N–H and O–H groups in total. The maximum Gasteiger partial charge on any atom is 0.276 e. The molecule has 36 heavy (non-hydrogen) atoms. The topological polar surface area (TPSA) is 121 Å². The second-order valence-electron chi connectivity index (χ2n) is 10.1. The number of aromatic nitrogens is 3. The minimum absolute atomic E-state index is 0.115. The highest BCUT2D eigenvalue weighted by Crippen LogP contribution is 2.30. The molecule has 3 unspecified atom stereocenters. The Morgan fingerprint density at radius 1 is 1.08 bits per heavy atom. The summed E-state index contributed by atoms with van der Waals surface area (Å²) in [4.78, 5) is 55.9. The van der Waals surface area contributed by atoms with Gasteiger partial charge in [0.15, 0.2) is 5.69 Å². The van der Waals surface area contributed by atoms with Crippen LogP contribution in [-0.4, -0.2) is 91.1 Å². The van der Waals surface area contributed by atoms with E-state index in [9.17, 15) is 19.2 Å². The molecular formula is C25H29N7O4. The summed E-state index contributed by atoms with van der Waals surface area (Å²) in [6.07, 6.45) is 5.59. The van der Waals surface area contributed by atoms with Crippen LogP contribution in [-0.2, 0) is 16.1 Å². The molecule has 0 bridgehead atoms. The molecular weight excluding hydrogens is 462 g/mol. The molecule has 5 heterocycles. The molecule has 0 radical (unpaired) electrons. The first kappa shape index (κ1) is 22.8. The largest absolute Gasteiger partial charge is 0.333 e. The van der Waals surface area contributed by atoms with Gasteiger partial charge in [-0.05, 0) is 69.5 Å². The summed E-state index contributed by atoms with van der Waals surface area (Å²) in [6, 6.07) is 5.18. The first-order chi connectivity index (χ1) is 17.4. The molecule has 3 fully saturated rings. The minimum atomic E-state index is -0.659. The lowest BCUT2D eigenvalue weighted by Gasteiger charge is -2.30. The van der Waals surface area contributed by atoms with Gasteiger partial charge in [-0.15, -0.1) is 5.10 Å². The number of likely N-dealkylation sites (tertiary alicyclic amines) is 2. The van der Waals surface area contributed by atoms with Gasteiger partial charge in [-0.25, -0.2) is 4.68 Å². The molecule has 4 aliphatic rings. The van der Waals surface area contributed by atoms with Crippen LogP contribution >= 0.6 is 0 Å². The van der Waals surface area contributed by atoms with Crippen LogP contribution < -0.4 is 5.32 Å². The molecule has 4 aliphatic heterocycles. The van der Waals surface area contributed by atoms with E-state index < -0.39 is 11.9 Å². The van der Waals surface area contributed by atoms with E-state index in [1.807, 2.05) is 11.0 Å². The summed E-state index contributed by atoms with van der Waals surface area (Å²) in [5, 5.41) is 10.7. The highest BCUT2D eigenvalue weighted by molar-refractivity contribution is 6.05. The number of carbonyl (C=O) groups is 4. The molecule has 11 heteroatoms. The van der Waals surface area contributed by atoms with E-state index in [1.54, 1.807) is 23.0 Å². The van der Waals surface area contributed by atoms with Crippen LogP contribution in [0.3, 0.4) is 0 Å². The third-order valence-corrected chi connectivity index (χ3v) is 8.07. The molecule has 11 nitrogen and oxygen atoms in total. The maximum absolute atomic E-state index is 13.2. The first-order valence-electron chi connectivity index (χ1n) is 12.7. The van der Waals surface area contributed by atoms with Crippen LogP contribution in [0.25, 0.3) is 5.69 Å². The number of benzene rings is 1. The molecule has 0 aliphatic carbocycles. The van der Waals surface area contributed by atoms with Crippen molar-refractivity contribution in [1.82, 2.24) is 35.0 Å². The zero-order valence-electron chi connectivity index (χ0n) is 20.2. The summed E-state index contributed by atoms with van der Waals surface area (Å²) < 4.78 is 1.55. The van der Waals surface area contributed by atoms with E-state index in [1.165, 1.54) is 17.7 Å². The van der Waals surface area contributed by atoms with Gasteiger partial charge in [0.2, 0.25) is 11.8 Å². The van der Waals surface area contributed by atoms with Crippen LogP contribution in [0, 0.1) is 0 Å². The van der Waals surface area contributed by atoms with Crippen molar-refractivity contribution in [2.45, 2.75) is 63.7 Å². The number of carbonyl (C=O) groups excluding carboxylic acids is 4. The quantitative estimate of drug-likeness (QED) is 0.626. The van der Waals surface area contributed by atoms with Crippen molar-refractivity contribution < 1.29 is 19.2 Å². The third-order valence-electron chi connectivity index (χ3n) is 8.07. The Balaban J connectivity index is 1.17. The first-order valence-corrected chi connectivity index (χ1v) is 12.7. The van der Waals surface area contributed by atoms with E-state index >= 15 is 0 Å².